The van der Waals surface area contributed by atoms with Crippen LogP contribution in [-0.2, 0) is 28.8 Å². The summed E-state index contributed by atoms with van der Waals surface area (Å²) in [6.45, 7) is 7.13. The molecule has 0 saturated heterocycles. The number of hydrogen-bond donors (Lipinski definition) is 0. The second-order valence-corrected chi connectivity index (χ2v) is 12.5. The molecule has 2 heterocycles. The van der Waals surface area contributed by atoms with Crippen LogP contribution in [0.25, 0.3) is 0 Å². The number of thioether (sulfide) groups is 1. The van der Waals surface area contributed by atoms with Gasteiger partial charge in [0.2, 0.25) is 5.89 Å². The van der Waals surface area contributed by atoms with Gasteiger partial charge in [0, 0.05) is 55.6 Å². The molecular weight excluding hydrogens is 555 g/mol. The highest BCUT2D eigenvalue weighted by molar-refractivity contribution is 8.00. The zero-order valence-corrected chi connectivity index (χ0v) is 24.2. The van der Waals surface area contributed by atoms with Crippen LogP contribution in [0.3, 0.4) is 0 Å². The number of carbonyl (C=O) groups excluding carboxylic acids is 1. The third-order valence-electron chi connectivity index (χ3n) is 5.47. The Morgan fingerprint density at radius 1 is 1.19 bits per heavy atom. The summed E-state index contributed by atoms with van der Waals surface area (Å²) in [5.74, 6) is 2.78. The van der Waals surface area contributed by atoms with Crippen molar-refractivity contribution in [1.29, 1.82) is 0 Å². The molecule has 0 bridgehead atoms. The molecule has 0 saturated carbocycles. The molecule has 0 aliphatic carbocycles. The van der Waals surface area contributed by atoms with Gasteiger partial charge in [-0.3, -0.25) is 14.9 Å². The van der Waals surface area contributed by atoms with Gasteiger partial charge < -0.3 is 9.32 Å². The van der Waals surface area contributed by atoms with Gasteiger partial charge >= 0.3 is 0 Å². The Bertz CT molecular complexity index is 1200. The third-order valence-corrected chi connectivity index (χ3v) is 8.04. The van der Waals surface area contributed by atoms with Crippen molar-refractivity contribution in [3.05, 3.63) is 62.9 Å². The number of ketones is 1. The lowest BCUT2D eigenvalue weighted by Gasteiger charge is -2.22. The van der Waals surface area contributed by atoms with Crippen LogP contribution in [-0.4, -0.2) is 45.5 Å². The summed E-state index contributed by atoms with van der Waals surface area (Å²) in [4.78, 5) is 34.4. The molecule has 0 aliphatic rings. The van der Waals surface area contributed by atoms with E-state index in [-0.39, 0.29) is 23.3 Å². The molecular formula is C25H30Cl2N4O4S2. The molecule has 200 valence electrons. The number of alkyl halides is 2. The molecule has 0 radical (unpaired) electrons. The van der Waals surface area contributed by atoms with E-state index in [1.165, 1.54) is 6.07 Å². The first kappa shape index (κ1) is 29.4. The summed E-state index contributed by atoms with van der Waals surface area (Å²) >= 11 is 14.8. The number of Topliss-reactive ketones (excluding diaryl/α,β-unsaturated/α-hetero) is 1. The summed E-state index contributed by atoms with van der Waals surface area (Å²) < 4.78 is 6.86. The molecule has 0 N–H and O–H groups in total. The fraction of sp³-hybridized carbons (Fsp3) is 0.480. The van der Waals surface area contributed by atoms with E-state index < -0.39 is 4.92 Å². The van der Waals surface area contributed by atoms with E-state index in [1.54, 1.807) is 52.5 Å². The zero-order valence-electron chi connectivity index (χ0n) is 21.0. The molecule has 0 spiro atoms. The highest BCUT2D eigenvalue weighted by Gasteiger charge is 2.21. The number of nitro groups is 1. The number of hydrogen-bond acceptors (Lipinski definition) is 9. The van der Waals surface area contributed by atoms with E-state index >= 15 is 0 Å². The number of rotatable bonds is 14. The van der Waals surface area contributed by atoms with Crippen LogP contribution in [0.5, 0.6) is 0 Å². The maximum absolute atomic E-state index is 12.6. The Morgan fingerprint density at radius 3 is 2.54 bits per heavy atom. The van der Waals surface area contributed by atoms with E-state index in [0.29, 0.717) is 60.6 Å². The quantitative estimate of drug-likeness (QED) is 0.0896. The van der Waals surface area contributed by atoms with Gasteiger partial charge in [-0.2, -0.15) is 0 Å². The Balaban J connectivity index is 1.54. The van der Waals surface area contributed by atoms with Crippen LogP contribution in [0.15, 0.2) is 39.2 Å². The predicted octanol–water partition coefficient (Wildman–Crippen LogP) is 6.66. The average molecular weight is 586 g/mol. The second kappa shape index (κ2) is 13.6. The molecule has 0 amide bonds. The van der Waals surface area contributed by atoms with Crippen molar-refractivity contribution >= 4 is 63.5 Å². The van der Waals surface area contributed by atoms with Crippen LogP contribution < -0.4 is 4.90 Å². The number of nitro benzene ring substituents is 1. The molecule has 8 nitrogen and oxygen atoms in total. The van der Waals surface area contributed by atoms with Gasteiger partial charge in [-0.15, -0.1) is 46.3 Å². The van der Waals surface area contributed by atoms with Crippen LogP contribution in [0.4, 0.5) is 11.4 Å². The monoisotopic (exact) mass is 584 g/mol. The summed E-state index contributed by atoms with van der Waals surface area (Å²) in [5.41, 5.74) is 0.924. The van der Waals surface area contributed by atoms with E-state index in [2.05, 4.69) is 30.7 Å². The number of thiazole rings is 1. The molecule has 0 unspecified atom stereocenters. The Morgan fingerprint density at radius 2 is 1.92 bits per heavy atom. The largest absolute Gasteiger partial charge is 0.444 e. The lowest BCUT2D eigenvalue weighted by atomic mass is 9.94. The molecule has 0 atom stereocenters. The summed E-state index contributed by atoms with van der Waals surface area (Å²) in [6, 6.07) is 4.89. The Hall–Kier alpha value is -2.14. The van der Waals surface area contributed by atoms with E-state index in [4.69, 9.17) is 27.6 Å². The van der Waals surface area contributed by atoms with Gasteiger partial charge in [-0.25, -0.2) is 9.97 Å². The number of aryl methyl sites for hydroxylation is 1. The topological polar surface area (TPSA) is 102 Å². The fourth-order valence-corrected chi connectivity index (χ4v) is 5.83. The SMILES string of the molecule is CC(C)(C)c1cnc(CSc2cnc(CCC(=O)Cc3ccc(N(CCCl)CCCl)c([N+](=O)[O-])c3)s2)o1. The molecule has 37 heavy (non-hydrogen) atoms. The molecule has 0 aliphatic heterocycles. The summed E-state index contributed by atoms with van der Waals surface area (Å²) in [5, 5.41) is 12.6. The fourth-order valence-electron chi connectivity index (χ4n) is 3.54. The van der Waals surface area contributed by atoms with Gasteiger partial charge in [0.25, 0.3) is 5.69 Å². The van der Waals surface area contributed by atoms with Crippen molar-refractivity contribution in [3.8, 4) is 0 Å². The molecule has 0 fully saturated rings. The Kier molecular flexibility index (Phi) is 10.8. The minimum absolute atomic E-state index is 0.000631. The van der Waals surface area contributed by atoms with Gasteiger partial charge in [-0.1, -0.05) is 26.8 Å². The Labute approximate surface area is 234 Å². The lowest BCUT2D eigenvalue weighted by molar-refractivity contribution is -0.384. The summed E-state index contributed by atoms with van der Waals surface area (Å²) in [7, 11) is 0. The van der Waals surface area contributed by atoms with Crippen molar-refractivity contribution in [1.82, 2.24) is 9.97 Å². The highest BCUT2D eigenvalue weighted by Crippen LogP contribution is 2.31. The van der Waals surface area contributed by atoms with E-state index in [1.807, 2.05) is 0 Å². The standard InChI is InChI=1S/C25H30Cl2N4O4S2/c1-25(2,3)21-14-28-22(35-21)16-36-24-15-29-23(37-24)7-5-18(32)12-17-4-6-19(20(13-17)31(33)34)30(10-8-26)11-9-27/h4,6,13-15H,5,7-12,16H2,1-3H3. The van der Waals surface area contributed by atoms with Crippen molar-refractivity contribution in [2.45, 2.75) is 55.4 Å². The van der Waals surface area contributed by atoms with Crippen molar-refractivity contribution in [2.24, 2.45) is 0 Å². The van der Waals surface area contributed by atoms with E-state index in [0.717, 1.165) is 15.0 Å². The smallest absolute Gasteiger partial charge is 0.292 e. The normalized spacial score (nSPS) is 11.6. The number of halogens is 2. The highest BCUT2D eigenvalue weighted by atomic mass is 35.5. The lowest BCUT2D eigenvalue weighted by Crippen LogP contribution is -2.28. The van der Waals surface area contributed by atoms with Crippen molar-refractivity contribution in [2.75, 3.05) is 29.7 Å². The van der Waals surface area contributed by atoms with Crippen molar-refractivity contribution in [3.63, 3.8) is 0 Å². The van der Waals surface area contributed by atoms with Crippen molar-refractivity contribution < 1.29 is 14.1 Å². The average Bonchev–Trinajstić information content (AvgIpc) is 3.51. The zero-order chi connectivity index (χ0) is 27.0. The van der Waals surface area contributed by atoms with Gasteiger partial charge in [-0.05, 0) is 11.6 Å². The van der Waals surface area contributed by atoms with Crippen LogP contribution in [0, 0.1) is 10.1 Å². The summed E-state index contributed by atoms with van der Waals surface area (Å²) in [6.07, 6.45) is 4.54. The maximum Gasteiger partial charge on any atom is 0.292 e. The number of nitrogens with zero attached hydrogens (tertiary/aromatic N) is 4. The molecule has 1 aromatic carbocycles. The van der Waals surface area contributed by atoms with Gasteiger partial charge in [0.1, 0.15) is 17.2 Å². The van der Waals surface area contributed by atoms with Crippen LogP contribution >= 0.6 is 46.3 Å². The first-order valence-corrected chi connectivity index (χ1v) is 14.7. The van der Waals surface area contributed by atoms with Crippen LogP contribution in [0.2, 0.25) is 0 Å². The number of carbonyl (C=O) groups is 1. The van der Waals surface area contributed by atoms with Gasteiger partial charge in [0.15, 0.2) is 0 Å². The van der Waals surface area contributed by atoms with Gasteiger partial charge in [0.05, 0.1) is 32.3 Å². The maximum atomic E-state index is 12.6. The predicted molar refractivity (Wildman–Crippen MR) is 151 cm³/mol. The molecule has 3 rings (SSSR count). The second-order valence-electron chi connectivity index (χ2n) is 9.39. The molecule has 2 aromatic heterocycles. The van der Waals surface area contributed by atoms with Crippen LogP contribution in [0.1, 0.15) is 49.4 Å². The number of anilines is 1. The number of oxazole rings is 1. The van der Waals surface area contributed by atoms with E-state index in [9.17, 15) is 14.9 Å². The third kappa shape index (κ3) is 8.70. The number of aromatic nitrogens is 2. The minimum Gasteiger partial charge on any atom is -0.444 e. The first-order valence-electron chi connectivity index (χ1n) is 11.8. The number of benzene rings is 1. The molecule has 3 aromatic rings. The minimum atomic E-state index is -0.435. The molecule has 12 heteroatoms. The first-order chi connectivity index (χ1) is 17.6.